The molecule has 0 spiro atoms. The predicted octanol–water partition coefficient (Wildman–Crippen LogP) is 2.13. The lowest BCUT2D eigenvalue weighted by atomic mass is 10.2. The number of rotatable bonds is 11. The predicted molar refractivity (Wildman–Crippen MR) is 131 cm³/mol. The molecule has 0 aromatic carbocycles. The van der Waals surface area contributed by atoms with E-state index in [1.807, 2.05) is 27.0 Å². The Kier molecular flexibility index (Phi) is 7.60. The number of amides is 1. The monoisotopic (exact) mass is 511 g/mol. The molecule has 0 saturated carbocycles. The van der Waals surface area contributed by atoms with E-state index < -0.39 is 17.7 Å². The van der Waals surface area contributed by atoms with Gasteiger partial charge in [0.05, 0.1) is 30.5 Å². The van der Waals surface area contributed by atoms with Crippen molar-refractivity contribution in [1.82, 2.24) is 49.8 Å². The van der Waals surface area contributed by atoms with Crippen LogP contribution in [0.15, 0.2) is 31.0 Å². The smallest absolute Gasteiger partial charge is 0.407 e. The van der Waals surface area contributed by atoms with Crippen molar-refractivity contribution in [3.05, 3.63) is 31.0 Å². The van der Waals surface area contributed by atoms with Crippen molar-refractivity contribution in [3.63, 3.8) is 0 Å². The second kappa shape index (κ2) is 11.0. The van der Waals surface area contributed by atoms with Crippen molar-refractivity contribution >= 4 is 34.9 Å². The number of nitrogens with zero attached hydrogens (tertiary/aromatic N) is 9. The van der Waals surface area contributed by atoms with Gasteiger partial charge in [-0.25, -0.2) is 14.8 Å². The van der Waals surface area contributed by atoms with Gasteiger partial charge in [-0.1, -0.05) is 5.21 Å². The molecule has 0 saturated heterocycles. The molecule has 0 aliphatic heterocycles. The van der Waals surface area contributed by atoms with Crippen molar-refractivity contribution in [2.45, 2.75) is 58.7 Å². The van der Waals surface area contributed by atoms with Gasteiger partial charge in [0.15, 0.2) is 5.82 Å². The Morgan fingerprint density at radius 3 is 2.59 bits per heavy atom. The van der Waals surface area contributed by atoms with Crippen molar-refractivity contribution in [2.24, 2.45) is 0 Å². The third-order valence-corrected chi connectivity index (χ3v) is 4.94. The van der Waals surface area contributed by atoms with Gasteiger partial charge in [-0.05, 0) is 33.6 Å². The maximum Gasteiger partial charge on any atom is 0.407 e. The van der Waals surface area contributed by atoms with Crippen LogP contribution < -0.4 is 10.6 Å². The number of aromatic nitrogens is 9. The van der Waals surface area contributed by atoms with E-state index in [-0.39, 0.29) is 6.42 Å². The zero-order valence-corrected chi connectivity index (χ0v) is 20.8. The summed E-state index contributed by atoms with van der Waals surface area (Å²) in [5.41, 5.74) is 1.65. The molecule has 3 N–H and O–H groups in total. The van der Waals surface area contributed by atoms with Crippen LogP contribution in [0.4, 0.5) is 16.3 Å². The summed E-state index contributed by atoms with van der Waals surface area (Å²) in [4.78, 5) is 31.3. The highest BCUT2D eigenvalue weighted by Gasteiger charge is 2.16. The second-order valence-corrected chi connectivity index (χ2v) is 9.26. The number of aryl methyl sites for hydroxylation is 2. The fourth-order valence-electron chi connectivity index (χ4n) is 3.37. The first-order valence-electron chi connectivity index (χ1n) is 11.8. The summed E-state index contributed by atoms with van der Waals surface area (Å²) in [6.45, 7) is 6.98. The fraction of sp³-hybridized carbons (Fsp3) is 0.455. The fourth-order valence-corrected chi connectivity index (χ4v) is 3.37. The van der Waals surface area contributed by atoms with Crippen LogP contribution in [0.3, 0.4) is 0 Å². The molecular formula is C22H29N11O4. The highest BCUT2D eigenvalue weighted by Crippen LogP contribution is 2.18. The van der Waals surface area contributed by atoms with Gasteiger partial charge in [0.25, 0.3) is 0 Å². The average Bonchev–Trinajstić information content (AvgIpc) is 3.55. The molecule has 4 heterocycles. The lowest BCUT2D eigenvalue weighted by Crippen LogP contribution is -2.33. The van der Waals surface area contributed by atoms with E-state index in [9.17, 15) is 9.59 Å². The van der Waals surface area contributed by atoms with E-state index in [0.717, 1.165) is 0 Å². The minimum Gasteiger partial charge on any atom is -0.481 e. The first-order valence-corrected chi connectivity index (χ1v) is 11.8. The van der Waals surface area contributed by atoms with Crippen LogP contribution in [0.1, 0.15) is 40.0 Å². The molecule has 1 amide bonds. The van der Waals surface area contributed by atoms with Crippen LogP contribution in [0.5, 0.6) is 0 Å². The van der Waals surface area contributed by atoms with Gasteiger partial charge in [0, 0.05) is 32.3 Å². The highest BCUT2D eigenvalue weighted by molar-refractivity contribution is 5.70. The Labute approximate surface area is 211 Å². The number of carboxylic acid groups (broad SMARTS) is 1. The normalized spacial score (nSPS) is 11.5. The Balaban J connectivity index is 1.36. The Bertz CT molecular complexity index is 1370. The number of alkyl carbamates (subject to hydrolysis) is 1. The summed E-state index contributed by atoms with van der Waals surface area (Å²) in [5.74, 6) is -0.359. The molecule has 0 aliphatic carbocycles. The van der Waals surface area contributed by atoms with Crippen molar-refractivity contribution < 1.29 is 19.4 Å². The first-order chi connectivity index (χ1) is 17.7. The van der Waals surface area contributed by atoms with Crippen molar-refractivity contribution in [3.8, 4) is 5.69 Å². The average molecular weight is 512 g/mol. The lowest BCUT2D eigenvalue weighted by molar-refractivity contribution is -0.137. The Morgan fingerprint density at radius 1 is 1.05 bits per heavy atom. The molecule has 15 heteroatoms. The zero-order valence-electron chi connectivity index (χ0n) is 20.8. The highest BCUT2D eigenvalue weighted by atomic mass is 16.6. The Morgan fingerprint density at radius 2 is 1.81 bits per heavy atom. The van der Waals surface area contributed by atoms with E-state index in [2.05, 4.69) is 41.1 Å². The minimum absolute atomic E-state index is 0.0846. The quantitative estimate of drug-likeness (QED) is 0.251. The van der Waals surface area contributed by atoms with E-state index in [1.54, 1.807) is 38.8 Å². The number of aliphatic carboxylic acids is 1. The van der Waals surface area contributed by atoms with E-state index in [4.69, 9.17) is 9.84 Å². The molecule has 4 aromatic heterocycles. The summed E-state index contributed by atoms with van der Waals surface area (Å²) in [6.07, 6.45) is 9.19. The molecule has 0 atom stereocenters. The van der Waals surface area contributed by atoms with Crippen LogP contribution in [-0.4, -0.2) is 73.8 Å². The van der Waals surface area contributed by atoms with Crippen LogP contribution in [0.2, 0.25) is 0 Å². The molecule has 37 heavy (non-hydrogen) atoms. The summed E-state index contributed by atoms with van der Waals surface area (Å²) in [5, 5.41) is 31.5. The second-order valence-electron chi connectivity index (χ2n) is 9.26. The number of carbonyl (C=O) groups excluding carboxylic acids is 1. The standard InChI is InChI=1S/C22H29N11O4/c1-22(2,3)37-21(36)23-7-5-9-32-14-16(11-26-32)33-20-19(29-30-33)24-12-17(28-20)27-15-10-25-31(13-15)8-4-6-18(34)35/h10-14H,4-9H2,1-3H3,(H,23,36)(H,27,28)(H,34,35). The third kappa shape index (κ3) is 7.22. The zero-order chi connectivity index (χ0) is 26.4. The maximum absolute atomic E-state index is 11.7. The van der Waals surface area contributed by atoms with Gasteiger partial charge in [0.2, 0.25) is 11.3 Å². The minimum atomic E-state index is -0.833. The van der Waals surface area contributed by atoms with Gasteiger partial charge in [0.1, 0.15) is 11.3 Å². The first kappa shape index (κ1) is 25.5. The summed E-state index contributed by atoms with van der Waals surface area (Å²) >= 11 is 0. The SMILES string of the molecule is CC(C)(C)OC(=O)NCCCn1cc(-n2nnc3ncc(Nc4cnn(CCCC(=O)O)c4)nc32)cn1. The lowest BCUT2D eigenvalue weighted by Gasteiger charge is -2.19. The molecule has 4 rings (SSSR count). The topological polar surface area (TPSA) is 180 Å². The number of hydrogen-bond acceptors (Lipinski definition) is 10. The number of hydrogen-bond donors (Lipinski definition) is 3. The molecule has 0 radical (unpaired) electrons. The molecule has 196 valence electrons. The summed E-state index contributed by atoms with van der Waals surface area (Å²) < 4.78 is 10.2. The van der Waals surface area contributed by atoms with Crippen LogP contribution in [-0.2, 0) is 22.6 Å². The number of nitrogens with one attached hydrogen (secondary N) is 2. The Hall–Kier alpha value is -4.56. The summed E-state index contributed by atoms with van der Waals surface area (Å²) in [7, 11) is 0. The van der Waals surface area contributed by atoms with Gasteiger partial charge >= 0.3 is 12.1 Å². The molecule has 15 nitrogen and oxygen atoms in total. The van der Waals surface area contributed by atoms with Gasteiger partial charge in [-0.2, -0.15) is 14.9 Å². The van der Waals surface area contributed by atoms with Crippen molar-refractivity contribution in [1.29, 1.82) is 0 Å². The van der Waals surface area contributed by atoms with Crippen LogP contribution >= 0.6 is 0 Å². The number of carboxylic acids is 1. The molecule has 4 aromatic rings. The molecular weight excluding hydrogens is 482 g/mol. The van der Waals surface area contributed by atoms with Crippen molar-refractivity contribution in [2.75, 3.05) is 11.9 Å². The van der Waals surface area contributed by atoms with E-state index in [0.29, 0.717) is 61.0 Å². The van der Waals surface area contributed by atoms with Gasteiger partial charge in [-0.3, -0.25) is 14.2 Å². The molecule has 0 aliphatic rings. The van der Waals surface area contributed by atoms with Gasteiger partial charge < -0.3 is 20.5 Å². The van der Waals surface area contributed by atoms with Crippen LogP contribution in [0.25, 0.3) is 17.0 Å². The molecule has 0 unspecified atom stereocenters. The third-order valence-electron chi connectivity index (χ3n) is 4.94. The number of ether oxygens (including phenoxy) is 1. The molecule has 0 bridgehead atoms. The maximum atomic E-state index is 11.7. The van der Waals surface area contributed by atoms with E-state index in [1.165, 1.54) is 0 Å². The number of anilines is 2. The molecule has 0 fully saturated rings. The largest absolute Gasteiger partial charge is 0.481 e. The van der Waals surface area contributed by atoms with Gasteiger partial charge in [-0.15, -0.1) is 5.10 Å². The van der Waals surface area contributed by atoms with E-state index >= 15 is 0 Å². The summed E-state index contributed by atoms with van der Waals surface area (Å²) in [6, 6.07) is 0. The number of carbonyl (C=O) groups is 2. The van der Waals surface area contributed by atoms with Crippen LogP contribution in [0, 0.1) is 0 Å². The number of fused-ring (bicyclic) bond motifs is 1.